The SMILES string of the molecule is CC(C)(C)OC(=O)N[C@H]1C[C@]12CCCNC2. The second-order valence-electron chi connectivity index (χ2n) is 6.05. The molecule has 0 bridgehead atoms. The maximum absolute atomic E-state index is 11.6. The third kappa shape index (κ3) is 2.67. The fourth-order valence-electron chi connectivity index (χ4n) is 2.46. The summed E-state index contributed by atoms with van der Waals surface area (Å²) < 4.78 is 5.25. The third-order valence-corrected chi connectivity index (χ3v) is 3.39. The Balaban J connectivity index is 1.78. The Bertz CT molecular complexity index is 277. The Kier molecular flexibility index (Phi) is 2.86. The van der Waals surface area contributed by atoms with Crippen LogP contribution in [-0.4, -0.2) is 30.8 Å². The van der Waals surface area contributed by atoms with Gasteiger partial charge in [0.2, 0.25) is 0 Å². The minimum absolute atomic E-state index is 0.278. The number of alkyl carbamates (subject to hydrolysis) is 1. The van der Waals surface area contributed by atoms with Crippen molar-refractivity contribution >= 4 is 6.09 Å². The maximum atomic E-state index is 11.6. The molecule has 4 heteroatoms. The molecule has 0 unspecified atom stereocenters. The smallest absolute Gasteiger partial charge is 0.407 e. The van der Waals surface area contributed by atoms with Gasteiger partial charge in [-0.3, -0.25) is 0 Å². The van der Waals surface area contributed by atoms with Crippen molar-refractivity contribution in [3.05, 3.63) is 0 Å². The largest absolute Gasteiger partial charge is 0.444 e. The lowest BCUT2D eigenvalue weighted by atomic mass is 9.96. The Morgan fingerprint density at radius 1 is 1.50 bits per heavy atom. The van der Waals surface area contributed by atoms with Gasteiger partial charge in [-0.25, -0.2) is 4.79 Å². The number of amides is 1. The van der Waals surface area contributed by atoms with Gasteiger partial charge in [-0.2, -0.15) is 0 Å². The molecule has 1 spiro atoms. The van der Waals surface area contributed by atoms with E-state index in [1.54, 1.807) is 0 Å². The second-order valence-corrected chi connectivity index (χ2v) is 6.05. The predicted octanol–water partition coefficient (Wildman–Crippen LogP) is 1.65. The highest BCUT2D eigenvalue weighted by molar-refractivity contribution is 5.68. The normalized spacial score (nSPS) is 33.6. The van der Waals surface area contributed by atoms with Gasteiger partial charge < -0.3 is 15.4 Å². The first kappa shape index (κ1) is 11.7. The van der Waals surface area contributed by atoms with Crippen LogP contribution in [0.3, 0.4) is 0 Å². The molecule has 4 nitrogen and oxygen atoms in total. The summed E-state index contributed by atoms with van der Waals surface area (Å²) >= 11 is 0. The maximum Gasteiger partial charge on any atom is 0.407 e. The number of nitrogens with one attached hydrogen (secondary N) is 2. The molecule has 1 amide bonds. The van der Waals surface area contributed by atoms with Crippen molar-refractivity contribution in [2.75, 3.05) is 13.1 Å². The predicted molar refractivity (Wildman–Crippen MR) is 62.3 cm³/mol. The zero-order chi connectivity index (χ0) is 11.8. The molecule has 16 heavy (non-hydrogen) atoms. The van der Waals surface area contributed by atoms with Crippen molar-refractivity contribution in [2.24, 2.45) is 5.41 Å². The van der Waals surface area contributed by atoms with Crippen LogP contribution in [0.2, 0.25) is 0 Å². The highest BCUT2D eigenvalue weighted by atomic mass is 16.6. The quantitative estimate of drug-likeness (QED) is 0.715. The van der Waals surface area contributed by atoms with E-state index in [0.29, 0.717) is 11.5 Å². The van der Waals surface area contributed by atoms with Crippen molar-refractivity contribution in [1.29, 1.82) is 0 Å². The molecule has 0 radical (unpaired) electrons. The van der Waals surface area contributed by atoms with Gasteiger partial charge in [0.25, 0.3) is 0 Å². The van der Waals surface area contributed by atoms with E-state index in [0.717, 1.165) is 19.5 Å². The zero-order valence-corrected chi connectivity index (χ0v) is 10.4. The van der Waals surface area contributed by atoms with Crippen LogP contribution in [0, 0.1) is 5.41 Å². The molecule has 1 saturated carbocycles. The molecule has 2 rings (SSSR count). The molecule has 0 aromatic heterocycles. The van der Waals surface area contributed by atoms with Crippen LogP contribution in [0.4, 0.5) is 4.79 Å². The van der Waals surface area contributed by atoms with Crippen molar-refractivity contribution < 1.29 is 9.53 Å². The van der Waals surface area contributed by atoms with Crippen molar-refractivity contribution in [3.63, 3.8) is 0 Å². The van der Waals surface area contributed by atoms with Crippen LogP contribution < -0.4 is 10.6 Å². The number of ether oxygens (including phenoxy) is 1. The summed E-state index contributed by atoms with van der Waals surface area (Å²) in [7, 11) is 0. The monoisotopic (exact) mass is 226 g/mol. The molecule has 2 aliphatic rings. The van der Waals surface area contributed by atoms with E-state index in [1.807, 2.05) is 20.8 Å². The molecule has 1 heterocycles. The molecule has 1 saturated heterocycles. The standard InChI is InChI=1S/C12H22N2O2/c1-11(2,3)16-10(15)14-9-7-12(9)5-4-6-13-8-12/h9,13H,4-8H2,1-3H3,(H,14,15)/t9-,12-/m0/s1. The Morgan fingerprint density at radius 3 is 2.81 bits per heavy atom. The van der Waals surface area contributed by atoms with Crippen LogP contribution in [0.5, 0.6) is 0 Å². The minimum atomic E-state index is -0.406. The van der Waals surface area contributed by atoms with Crippen LogP contribution >= 0.6 is 0 Å². The van der Waals surface area contributed by atoms with E-state index in [1.165, 1.54) is 12.8 Å². The van der Waals surface area contributed by atoms with E-state index in [9.17, 15) is 4.79 Å². The first-order valence-corrected chi connectivity index (χ1v) is 6.12. The fourth-order valence-corrected chi connectivity index (χ4v) is 2.46. The van der Waals surface area contributed by atoms with Crippen LogP contribution in [0.25, 0.3) is 0 Å². The molecular weight excluding hydrogens is 204 g/mol. The van der Waals surface area contributed by atoms with Gasteiger partial charge in [0.15, 0.2) is 0 Å². The Morgan fingerprint density at radius 2 is 2.25 bits per heavy atom. The summed E-state index contributed by atoms with van der Waals surface area (Å²) in [5, 5.41) is 6.37. The Labute approximate surface area is 97.1 Å². The molecule has 2 N–H and O–H groups in total. The number of carbonyl (C=O) groups excluding carboxylic acids is 1. The summed E-state index contributed by atoms with van der Waals surface area (Å²) in [6, 6.07) is 0.315. The van der Waals surface area contributed by atoms with Crippen LogP contribution in [0.1, 0.15) is 40.0 Å². The summed E-state index contributed by atoms with van der Waals surface area (Å²) in [5.74, 6) is 0. The van der Waals surface area contributed by atoms with Crippen LogP contribution in [0.15, 0.2) is 0 Å². The molecule has 92 valence electrons. The Hall–Kier alpha value is -0.770. The highest BCUT2D eigenvalue weighted by Crippen LogP contribution is 2.50. The average Bonchev–Trinajstić information content (AvgIpc) is 2.75. The van der Waals surface area contributed by atoms with Gasteiger partial charge in [-0.05, 0) is 46.6 Å². The van der Waals surface area contributed by atoms with E-state index >= 15 is 0 Å². The summed E-state index contributed by atoms with van der Waals surface area (Å²) in [4.78, 5) is 11.6. The minimum Gasteiger partial charge on any atom is -0.444 e. The van der Waals surface area contributed by atoms with Gasteiger partial charge in [0.05, 0.1) is 0 Å². The summed E-state index contributed by atoms with van der Waals surface area (Å²) in [6.45, 7) is 7.81. The van der Waals surface area contributed by atoms with Crippen molar-refractivity contribution in [1.82, 2.24) is 10.6 Å². The first-order chi connectivity index (χ1) is 7.41. The molecule has 0 aromatic rings. The van der Waals surface area contributed by atoms with Crippen molar-refractivity contribution in [3.8, 4) is 0 Å². The third-order valence-electron chi connectivity index (χ3n) is 3.39. The second kappa shape index (κ2) is 3.91. The highest BCUT2D eigenvalue weighted by Gasteiger charge is 2.55. The lowest BCUT2D eigenvalue weighted by Crippen LogP contribution is -2.40. The summed E-state index contributed by atoms with van der Waals surface area (Å²) in [5.41, 5.74) is -0.0773. The molecular formula is C12H22N2O2. The van der Waals surface area contributed by atoms with Gasteiger partial charge in [-0.1, -0.05) is 0 Å². The lowest BCUT2D eigenvalue weighted by Gasteiger charge is -2.24. The van der Waals surface area contributed by atoms with Gasteiger partial charge >= 0.3 is 6.09 Å². The van der Waals surface area contributed by atoms with E-state index in [2.05, 4.69) is 10.6 Å². The number of hydrogen-bond donors (Lipinski definition) is 2. The van der Waals surface area contributed by atoms with Gasteiger partial charge in [-0.15, -0.1) is 0 Å². The topological polar surface area (TPSA) is 50.4 Å². The number of hydrogen-bond acceptors (Lipinski definition) is 3. The molecule has 1 aliphatic heterocycles. The van der Waals surface area contributed by atoms with Gasteiger partial charge in [0.1, 0.15) is 5.60 Å². The average molecular weight is 226 g/mol. The lowest BCUT2D eigenvalue weighted by molar-refractivity contribution is 0.0514. The number of rotatable bonds is 1. The number of carbonyl (C=O) groups is 1. The fraction of sp³-hybridized carbons (Fsp3) is 0.917. The zero-order valence-electron chi connectivity index (χ0n) is 10.4. The van der Waals surface area contributed by atoms with Gasteiger partial charge in [0, 0.05) is 18.0 Å². The van der Waals surface area contributed by atoms with E-state index in [4.69, 9.17) is 4.74 Å². The summed E-state index contributed by atoms with van der Waals surface area (Å²) in [6.07, 6.45) is 3.26. The van der Waals surface area contributed by atoms with E-state index < -0.39 is 5.60 Å². The molecule has 2 fully saturated rings. The molecule has 0 aromatic carbocycles. The molecule has 2 atom stereocenters. The first-order valence-electron chi connectivity index (χ1n) is 6.12. The van der Waals surface area contributed by atoms with Crippen molar-refractivity contribution in [2.45, 2.75) is 51.7 Å². The van der Waals surface area contributed by atoms with E-state index in [-0.39, 0.29) is 6.09 Å². The number of piperidine rings is 1. The molecule has 1 aliphatic carbocycles. The van der Waals surface area contributed by atoms with Crippen LogP contribution in [-0.2, 0) is 4.74 Å².